The number of unbranched alkanes of at least 4 members (excludes halogenated alkanes) is 11. The number of hydrogen-bond donors (Lipinski definition) is 3. The number of allylic oxidation sites excluding steroid dienone is 2. The number of nitrogens with one attached hydrogen (secondary N) is 2. The minimum Gasteiger partial charge on any atom is -0.393 e. The molecule has 0 spiro atoms. The van der Waals surface area contributed by atoms with Crippen molar-refractivity contribution < 1.29 is 19.4 Å². The molecule has 1 aliphatic rings. The number of aliphatic hydroxyl groups is 1. The van der Waals surface area contributed by atoms with Gasteiger partial charge in [0.25, 0.3) is 0 Å². The van der Waals surface area contributed by atoms with Gasteiger partial charge in [0.1, 0.15) is 16.6 Å². The van der Waals surface area contributed by atoms with Crippen LogP contribution < -0.4 is 16.3 Å². The van der Waals surface area contributed by atoms with E-state index in [1.54, 1.807) is 0 Å². The molecular formula is C28H46N4O5S. The molecule has 2 heterocycles. The van der Waals surface area contributed by atoms with E-state index >= 15 is 0 Å². The third-order valence-corrected chi connectivity index (χ3v) is 7.67. The van der Waals surface area contributed by atoms with Gasteiger partial charge in [-0.25, -0.2) is 4.79 Å². The van der Waals surface area contributed by atoms with E-state index in [1.807, 2.05) is 0 Å². The van der Waals surface area contributed by atoms with Crippen LogP contribution in [0.5, 0.6) is 0 Å². The Morgan fingerprint density at radius 3 is 2.34 bits per heavy atom. The van der Waals surface area contributed by atoms with Gasteiger partial charge in [-0.3, -0.25) is 14.2 Å². The molecule has 1 aromatic heterocycles. The Balaban J connectivity index is 1.47. The first kappa shape index (κ1) is 32.0. The highest BCUT2D eigenvalue weighted by Gasteiger charge is 2.27. The van der Waals surface area contributed by atoms with Gasteiger partial charge in [0.15, 0.2) is 0 Å². The van der Waals surface area contributed by atoms with Gasteiger partial charge in [0.05, 0.1) is 19.8 Å². The Labute approximate surface area is 231 Å². The largest absolute Gasteiger partial charge is 0.393 e. The lowest BCUT2D eigenvalue weighted by atomic mass is 10.1. The predicted molar refractivity (Wildman–Crippen MR) is 153 cm³/mol. The summed E-state index contributed by atoms with van der Waals surface area (Å²) >= 11 is 1.34. The molecule has 9 nitrogen and oxygen atoms in total. The molecule has 3 N–H and O–H groups in total. The average Bonchev–Trinajstić information content (AvgIpc) is 3.39. The Morgan fingerprint density at radius 2 is 1.71 bits per heavy atom. The van der Waals surface area contributed by atoms with E-state index in [0.717, 1.165) is 25.7 Å². The number of anilines is 1. The summed E-state index contributed by atoms with van der Waals surface area (Å²) in [6.07, 6.45) is 22.2. The van der Waals surface area contributed by atoms with Crippen LogP contribution in [0.2, 0.25) is 0 Å². The Bertz CT molecular complexity index is 907. The molecule has 214 valence electrons. The van der Waals surface area contributed by atoms with Crippen LogP contribution in [-0.4, -0.2) is 51.7 Å². The average molecular weight is 551 g/mol. The van der Waals surface area contributed by atoms with Crippen molar-refractivity contribution in [3.05, 3.63) is 34.9 Å². The summed E-state index contributed by atoms with van der Waals surface area (Å²) in [4.78, 5) is 40.3. The zero-order valence-electron chi connectivity index (χ0n) is 22.9. The quantitative estimate of drug-likeness (QED) is 0.156. The highest BCUT2D eigenvalue weighted by molar-refractivity contribution is 8.00. The van der Waals surface area contributed by atoms with E-state index in [4.69, 9.17) is 9.84 Å². The van der Waals surface area contributed by atoms with Gasteiger partial charge in [-0.15, -0.1) is 11.8 Å². The first-order valence-electron chi connectivity index (χ1n) is 14.2. The molecule has 1 aromatic rings. The van der Waals surface area contributed by atoms with Crippen molar-refractivity contribution in [1.82, 2.24) is 14.9 Å². The first-order chi connectivity index (χ1) is 18.5. The van der Waals surface area contributed by atoms with Crippen molar-refractivity contribution in [2.75, 3.05) is 25.1 Å². The standard InChI is InChI=1S/C28H46N4O5S/c1-2-3-4-5-6-7-8-9-10-11-12-13-14-15-16-17-24(34)29-20-25(35)30-23-18-19-32(28(36)31-23)26-22-37-27(21-33)38-26/h9-10,18-19,26-27,33H,2-8,11-17,20-22H2,1H3,(H,29,34)(H,30,31,35,36)/b10-9+. The normalized spacial score (nSPS) is 17.2. The number of aliphatic hydroxyl groups excluding tert-OH is 1. The summed E-state index contributed by atoms with van der Waals surface area (Å²) in [7, 11) is 0. The van der Waals surface area contributed by atoms with Crippen LogP contribution in [0.3, 0.4) is 0 Å². The molecule has 0 aromatic carbocycles. The lowest BCUT2D eigenvalue weighted by molar-refractivity contribution is -0.124. The van der Waals surface area contributed by atoms with Crippen molar-refractivity contribution in [3.8, 4) is 0 Å². The molecule has 1 fully saturated rings. The van der Waals surface area contributed by atoms with E-state index in [2.05, 4.69) is 34.7 Å². The molecule has 2 rings (SSSR count). The monoisotopic (exact) mass is 550 g/mol. The van der Waals surface area contributed by atoms with Gasteiger partial charge in [-0.1, -0.05) is 70.4 Å². The lowest BCUT2D eigenvalue weighted by Gasteiger charge is -2.12. The maximum Gasteiger partial charge on any atom is 0.350 e. The summed E-state index contributed by atoms with van der Waals surface area (Å²) in [5.41, 5.74) is -0.877. The molecule has 10 heteroatoms. The number of aromatic nitrogens is 2. The molecule has 1 aliphatic heterocycles. The van der Waals surface area contributed by atoms with E-state index in [9.17, 15) is 14.4 Å². The van der Waals surface area contributed by atoms with Crippen molar-refractivity contribution in [1.29, 1.82) is 0 Å². The Kier molecular flexibility index (Phi) is 16.7. The topological polar surface area (TPSA) is 123 Å². The molecule has 0 saturated carbocycles. The summed E-state index contributed by atoms with van der Waals surface area (Å²) in [6.45, 7) is 2.25. The highest BCUT2D eigenvalue weighted by atomic mass is 32.2. The zero-order chi connectivity index (χ0) is 27.4. The maximum atomic E-state index is 12.3. The van der Waals surface area contributed by atoms with Gasteiger partial charge < -0.3 is 20.5 Å². The second-order valence-corrected chi connectivity index (χ2v) is 11.0. The number of rotatable bonds is 20. The van der Waals surface area contributed by atoms with E-state index in [-0.39, 0.29) is 35.7 Å². The number of carbonyl (C=O) groups is 2. The number of carbonyl (C=O) groups excluding carboxylic acids is 2. The van der Waals surface area contributed by atoms with Crippen LogP contribution in [0.4, 0.5) is 5.82 Å². The third-order valence-electron chi connectivity index (χ3n) is 6.40. The molecule has 0 radical (unpaired) electrons. The van der Waals surface area contributed by atoms with Gasteiger partial charge in [0, 0.05) is 12.6 Å². The summed E-state index contributed by atoms with van der Waals surface area (Å²) in [6, 6.07) is 1.53. The summed E-state index contributed by atoms with van der Waals surface area (Å²) in [5.74, 6) is -0.463. The molecule has 0 bridgehead atoms. The molecule has 2 unspecified atom stereocenters. The fourth-order valence-electron chi connectivity index (χ4n) is 4.20. The van der Waals surface area contributed by atoms with Crippen molar-refractivity contribution in [2.45, 2.75) is 108 Å². The number of ether oxygens (including phenoxy) is 1. The fourth-order valence-corrected chi connectivity index (χ4v) is 5.24. The van der Waals surface area contributed by atoms with E-state index in [1.165, 1.54) is 86.4 Å². The van der Waals surface area contributed by atoms with Crippen LogP contribution in [0.15, 0.2) is 29.2 Å². The second-order valence-electron chi connectivity index (χ2n) is 9.70. The molecule has 1 saturated heterocycles. The van der Waals surface area contributed by atoms with E-state index in [0.29, 0.717) is 13.0 Å². The summed E-state index contributed by atoms with van der Waals surface area (Å²) < 4.78 is 6.78. The SMILES string of the molecule is CCCCCCCC/C=C/CCCCCCCC(=O)NCC(=O)Nc1ccn(C2COC(CO)S2)c(=O)n1. The van der Waals surface area contributed by atoms with Gasteiger partial charge in [-0.05, 0) is 38.2 Å². The van der Waals surface area contributed by atoms with Crippen LogP contribution in [0.25, 0.3) is 0 Å². The number of hydrogen-bond acceptors (Lipinski definition) is 7. The van der Waals surface area contributed by atoms with Crippen LogP contribution in [0, 0.1) is 0 Å². The second kappa shape index (κ2) is 19.8. The summed E-state index contributed by atoms with van der Waals surface area (Å²) in [5, 5.41) is 14.0. The lowest BCUT2D eigenvalue weighted by Crippen LogP contribution is -2.34. The fraction of sp³-hybridized carbons (Fsp3) is 0.714. The smallest absolute Gasteiger partial charge is 0.350 e. The van der Waals surface area contributed by atoms with Crippen molar-refractivity contribution in [3.63, 3.8) is 0 Å². The molecular weight excluding hydrogens is 504 g/mol. The van der Waals surface area contributed by atoms with Gasteiger partial charge in [-0.2, -0.15) is 4.98 Å². The Hall–Kier alpha value is -2.17. The third kappa shape index (κ3) is 13.6. The van der Waals surface area contributed by atoms with Gasteiger partial charge >= 0.3 is 5.69 Å². The van der Waals surface area contributed by atoms with Crippen molar-refractivity contribution in [2.24, 2.45) is 0 Å². The first-order valence-corrected chi connectivity index (χ1v) is 15.2. The molecule has 38 heavy (non-hydrogen) atoms. The van der Waals surface area contributed by atoms with Crippen molar-refractivity contribution >= 4 is 29.4 Å². The Morgan fingerprint density at radius 1 is 1.05 bits per heavy atom. The minimum absolute atomic E-state index is 0.125. The zero-order valence-corrected chi connectivity index (χ0v) is 23.7. The van der Waals surface area contributed by atoms with Gasteiger partial charge in [0.2, 0.25) is 11.8 Å². The minimum atomic E-state index is -0.518. The molecule has 2 atom stereocenters. The van der Waals surface area contributed by atoms with Crippen LogP contribution in [-0.2, 0) is 14.3 Å². The number of nitrogens with zero attached hydrogens (tertiary/aromatic N) is 2. The highest BCUT2D eigenvalue weighted by Crippen LogP contribution is 2.34. The molecule has 2 amide bonds. The van der Waals surface area contributed by atoms with E-state index < -0.39 is 11.6 Å². The maximum absolute atomic E-state index is 12.3. The van der Waals surface area contributed by atoms with Crippen LogP contribution >= 0.6 is 11.8 Å². The molecule has 0 aliphatic carbocycles. The van der Waals surface area contributed by atoms with Crippen LogP contribution in [0.1, 0.15) is 102 Å². The predicted octanol–water partition coefficient (Wildman–Crippen LogP) is 4.92. The number of thioether (sulfide) groups is 1. The number of amides is 2.